The molecule has 0 radical (unpaired) electrons. The largest absolute Gasteiger partial charge is 0.465 e. The van der Waals surface area contributed by atoms with Crippen LogP contribution < -0.4 is 0 Å². The molecule has 0 amide bonds. The number of aliphatic hydroxyl groups excluding tert-OH is 1. The highest BCUT2D eigenvalue weighted by molar-refractivity contribution is 5.89. The molecule has 0 bridgehead atoms. The fourth-order valence-corrected chi connectivity index (χ4v) is 9.22. The summed E-state index contributed by atoms with van der Waals surface area (Å²) in [5, 5.41) is 21.8. The molecule has 198 valence electrons. The van der Waals surface area contributed by atoms with Crippen molar-refractivity contribution in [3.05, 3.63) is 12.2 Å². The molecule has 0 aliphatic heterocycles. The van der Waals surface area contributed by atoms with Gasteiger partial charge in [0.25, 0.3) is 0 Å². The topological polar surface area (TPSA) is 83.8 Å². The van der Waals surface area contributed by atoms with E-state index >= 15 is 0 Å². The standard InChI is InChI=1S/C30H48O5/c1-18(20(3)17-35-21(4)31)7-8-19(2)24-9-10-25-23-15-27(33)30(34)16-22(32)11-14-29(30,6)26(23)12-13-28(24,25)5/h19-20,22-26,32,34H,1,7-17H2,2-6H3/t19?,20?,22-,23?,24+,25?,26?,28+,29+,30-/m0/s1. The molecule has 10 atom stereocenters. The molecule has 0 aromatic rings. The van der Waals surface area contributed by atoms with E-state index in [-0.39, 0.29) is 29.5 Å². The highest BCUT2D eigenvalue weighted by atomic mass is 16.5. The summed E-state index contributed by atoms with van der Waals surface area (Å²) in [6.07, 6.45) is 8.26. The normalized spacial score (nSPS) is 44.5. The molecule has 4 saturated carbocycles. The minimum absolute atomic E-state index is 0.0150. The van der Waals surface area contributed by atoms with Gasteiger partial charge in [-0.05, 0) is 86.4 Å². The number of hydrogen-bond donors (Lipinski definition) is 2. The van der Waals surface area contributed by atoms with Gasteiger partial charge in [0.2, 0.25) is 0 Å². The van der Waals surface area contributed by atoms with Gasteiger partial charge in [0.05, 0.1) is 12.7 Å². The Morgan fingerprint density at radius 3 is 2.54 bits per heavy atom. The van der Waals surface area contributed by atoms with Crippen LogP contribution in [0, 0.1) is 46.3 Å². The van der Waals surface area contributed by atoms with Gasteiger partial charge in [-0.15, -0.1) is 0 Å². The molecule has 0 heterocycles. The van der Waals surface area contributed by atoms with E-state index in [9.17, 15) is 19.8 Å². The number of ether oxygens (including phenoxy) is 1. The lowest BCUT2D eigenvalue weighted by Crippen LogP contribution is -2.67. The minimum Gasteiger partial charge on any atom is -0.465 e. The first kappa shape index (κ1) is 26.9. The zero-order chi connectivity index (χ0) is 25.8. The molecular weight excluding hydrogens is 440 g/mol. The van der Waals surface area contributed by atoms with Crippen molar-refractivity contribution in [2.75, 3.05) is 6.61 Å². The molecular formula is C30H48O5. The van der Waals surface area contributed by atoms with Crippen molar-refractivity contribution in [1.29, 1.82) is 0 Å². The average molecular weight is 489 g/mol. The lowest BCUT2D eigenvalue weighted by Gasteiger charge is -2.63. The van der Waals surface area contributed by atoms with Crippen molar-refractivity contribution >= 4 is 11.8 Å². The van der Waals surface area contributed by atoms with E-state index in [2.05, 4.69) is 34.3 Å². The summed E-state index contributed by atoms with van der Waals surface area (Å²) in [6.45, 7) is 15.2. The van der Waals surface area contributed by atoms with Crippen molar-refractivity contribution in [2.45, 2.75) is 111 Å². The van der Waals surface area contributed by atoms with Gasteiger partial charge in [-0.3, -0.25) is 9.59 Å². The summed E-state index contributed by atoms with van der Waals surface area (Å²) in [4.78, 5) is 24.5. The van der Waals surface area contributed by atoms with Gasteiger partial charge >= 0.3 is 5.97 Å². The highest BCUT2D eigenvalue weighted by Gasteiger charge is 2.67. The zero-order valence-corrected chi connectivity index (χ0v) is 22.6. The first-order chi connectivity index (χ1) is 16.3. The molecule has 0 aromatic carbocycles. The highest BCUT2D eigenvalue weighted by Crippen LogP contribution is 2.68. The second-order valence-corrected chi connectivity index (χ2v) is 13.3. The van der Waals surface area contributed by atoms with Crippen LogP contribution in [0.3, 0.4) is 0 Å². The van der Waals surface area contributed by atoms with Gasteiger partial charge in [0.1, 0.15) is 5.60 Å². The fourth-order valence-electron chi connectivity index (χ4n) is 9.22. The molecule has 0 spiro atoms. The van der Waals surface area contributed by atoms with Crippen LogP contribution in [0.25, 0.3) is 0 Å². The molecule has 4 aliphatic rings. The van der Waals surface area contributed by atoms with Crippen LogP contribution in [0.15, 0.2) is 12.2 Å². The summed E-state index contributed by atoms with van der Waals surface area (Å²) < 4.78 is 5.18. The van der Waals surface area contributed by atoms with Gasteiger partial charge in [-0.1, -0.05) is 39.8 Å². The van der Waals surface area contributed by atoms with E-state index in [0.717, 1.165) is 31.3 Å². The van der Waals surface area contributed by atoms with Crippen LogP contribution in [-0.4, -0.2) is 40.3 Å². The maximum atomic E-state index is 13.4. The molecule has 2 N–H and O–H groups in total. The fraction of sp³-hybridized carbons (Fsp3) is 0.867. The molecule has 5 heteroatoms. The van der Waals surface area contributed by atoms with Crippen LogP contribution in [0.5, 0.6) is 0 Å². The second-order valence-electron chi connectivity index (χ2n) is 13.3. The lowest BCUT2D eigenvalue weighted by molar-refractivity contribution is -0.213. The number of carbonyl (C=O) groups excluding carboxylic acids is 2. The van der Waals surface area contributed by atoms with E-state index in [1.165, 1.54) is 26.2 Å². The van der Waals surface area contributed by atoms with Crippen molar-refractivity contribution in [1.82, 2.24) is 0 Å². The Morgan fingerprint density at radius 1 is 1.14 bits per heavy atom. The number of ketones is 1. The van der Waals surface area contributed by atoms with Crippen LogP contribution in [-0.2, 0) is 14.3 Å². The van der Waals surface area contributed by atoms with Crippen LogP contribution in [0.4, 0.5) is 0 Å². The van der Waals surface area contributed by atoms with E-state index in [4.69, 9.17) is 4.74 Å². The molecule has 0 saturated heterocycles. The van der Waals surface area contributed by atoms with Gasteiger partial charge in [-0.2, -0.15) is 0 Å². The quantitative estimate of drug-likeness (QED) is 0.367. The number of Topliss-reactive ketones (excluding diaryl/α,β-unsaturated/α-hetero) is 1. The summed E-state index contributed by atoms with van der Waals surface area (Å²) in [7, 11) is 0. The van der Waals surface area contributed by atoms with Gasteiger partial charge < -0.3 is 14.9 Å². The Bertz CT molecular complexity index is 852. The monoisotopic (exact) mass is 488 g/mol. The summed E-state index contributed by atoms with van der Waals surface area (Å²) in [5.74, 6) is 2.41. The Labute approximate surface area is 212 Å². The smallest absolute Gasteiger partial charge is 0.302 e. The average Bonchev–Trinajstić information content (AvgIpc) is 3.15. The van der Waals surface area contributed by atoms with Crippen LogP contribution >= 0.6 is 0 Å². The third kappa shape index (κ3) is 4.43. The van der Waals surface area contributed by atoms with Gasteiger partial charge in [0, 0.05) is 31.1 Å². The number of aliphatic hydroxyl groups is 2. The van der Waals surface area contributed by atoms with E-state index in [1.807, 2.05) is 0 Å². The molecule has 35 heavy (non-hydrogen) atoms. The van der Waals surface area contributed by atoms with Crippen molar-refractivity contribution < 1.29 is 24.5 Å². The third-order valence-corrected chi connectivity index (χ3v) is 11.5. The minimum atomic E-state index is -1.35. The lowest BCUT2D eigenvalue weighted by atomic mass is 9.42. The Kier molecular flexibility index (Phi) is 7.36. The predicted molar refractivity (Wildman–Crippen MR) is 136 cm³/mol. The predicted octanol–water partition coefficient (Wildman–Crippen LogP) is 5.47. The van der Waals surface area contributed by atoms with Gasteiger partial charge in [-0.25, -0.2) is 0 Å². The molecule has 4 rings (SSSR count). The maximum Gasteiger partial charge on any atom is 0.302 e. The number of rotatable bonds is 7. The number of hydrogen-bond acceptors (Lipinski definition) is 5. The maximum absolute atomic E-state index is 13.4. The van der Waals surface area contributed by atoms with E-state index in [0.29, 0.717) is 49.0 Å². The summed E-state index contributed by atoms with van der Waals surface area (Å²) >= 11 is 0. The Morgan fingerprint density at radius 2 is 1.86 bits per heavy atom. The molecule has 4 fully saturated rings. The van der Waals surface area contributed by atoms with Crippen LogP contribution in [0.1, 0.15) is 98.8 Å². The number of esters is 1. The van der Waals surface area contributed by atoms with Crippen LogP contribution in [0.2, 0.25) is 0 Å². The third-order valence-electron chi connectivity index (χ3n) is 11.5. The zero-order valence-electron chi connectivity index (χ0n) is 22.6. The van der Waals surface area contributed by atoms with Crippen molar-refractivity contribution in [3.63, 3.8) is 0 Å². The number of fused-ring (bicyclic) bond motifs is 5. The molecule has 4 aliphatic carbocycles. The van der Waals surface area contributed by atoms with Gasteiger partial charge in [0.15, 0.2) is 5.78 Å². The van der Waals surface area contributed by atoms with E-state index < -0.39 is 17.1 Å². The van der Waals surface area contributed by atoms with E-state index in [1.54, 1.807) is 0 Å². The summed E-state index contributed by atoms with van der Waals surface area (Å²) in [5.41, 5.74) is -0.363. The molecule has 5 unspecified atom stereocenters. The molecule has 0 aromatic heterocycles. The SMILES string of the molecule is C=C(CCC(C)[C@H]1CCC2C3CC(=O)[C@@]4(O)C[C@@H](O)CC[C@]4(C)C3CC[C@@]21C)C(C)COC(C)=O. The van der Waals surface area contributed by atoms with Crippen molar-refractivity contribution in [3.8, 4) is 0 Å². The first-order valence-corrected chi connectivity index (χ1v) is 14.1. The molecule has 5 nitrogen and oxygen atoms in total. The summed E-state index contributed by atoms with van der Waals surface area (Å²) in [6, 6.07) is 0. The second kappa shape index (κ2) is 9.59. The number of carbonyl (C=O) groups is 2. The Balaban J connectivity index is 1.44. The van der Waals surface area contributed by atoms with Crippen molar-refractivity contribution in [2.24, 2.45) is 46.3 Å². The first-order valence-electron chi connectivity index (χ1n) is 14.1. The Hall–Kier alpha value is -1.20.